The van der Waals surface area contributed by atoms with E-state index in [-0.39, 0.29) is 23.2 Å². The predicted molar refractivity (Wildman–Crippen MR) is 220 cm³/mol. The van der Waals surface area contributed by atoms with Gasteiger partial charge in [-0.1, -0.05) is 36.7 Å². The Morgan fingerprint density at radius 2 is 1.16 bits per heavy atom. The lowest BCUT2D eigenvalue weighted by molar-refractivity contribution is 0.0686. The SMILES string of the molecule is CC(C)N(C)c1nc2cc(C(=O)O)ccc2nc1-c1cc2cc(Cl)ccc2o1.CCC(C)N(C)c1nc2cc(C(=O)O)ccc2nc1-c1cc2ccccc2o1. The van der Waals surface area contributed by atoms with Crippen molar-refractivity contribution in [1.82, 2.24) is 19.9 Å². The fraction of sp³-hybridized carbons (Fsp3) is 0.209. The molecule has 1 atom stereocenters. The summed E-state index contributed by atoms with van der Waals surface area (Å²) in [4.78, 5) is 45.7. The Balaban J connectivity index is 0.000000172. The van der Waals surface area contributed by atoms with Crippen molar-refractivity contribution in [3.05, 3.63) is 107 Å². The highest BCUT2D eigenvalue weighted by atomic mass is 35.5. The predicted octanol–water partition coefficient (Wildman–Crippen LogP) is 10.2. The number of hydrogen-bond donors (Lipinski definition) is 2. The molecule has 0 aliphatic carbocycles. The number of aromatic carboxylic acids is 2. The number of carbonyl (C=O) groups is 2. The van der Waals surface area contributed by atoms with Gasteiger partial charge in [-0.3, -0.25) is 0 Å². The highest BCUT2D eigenvalue weighted by molar-refractivity contribution is 6.31. The lowest BCUT2D eigenvalue weighted by Crippen LogP contribution is -2.29. The van der Waals surface area contributed by atoms with Gasteiger partial charge in [-0.25, -0.2) is 29.5 Å². The minimum atomic E-state index is -0.999. The maximum atomic E-state index is 11.3. The highest BCUT2D eigenvalue weighted by Gasteiger charge is 2.23. The Hall–Kier alpha value is -6.53. The fourth-order valence-corrected chi connectivity index (χ4v) is 6.32. The average molecular weight is 771 g/mol. The molecule has 284 valence electrons. The van der Waals surface area contributed by atoms with Gasteiger partial charge in [-0.05, 0) is 100.0 Å². The highest BCUT2D eigenvalue weighted by Crippen LogP contribution is 2.36. The van der Waals surface area contributed by atoms with E-state index in [0.717, 1.165) is 22.8 Å². The number of furan rings is 2. The van der Waals surface area contributed by atoms with Crippen molar-refractivity contribution in [1.29, 1.82) is 0 Å². The van der Waals surface area contributed by atoms with Gasteiger partial charge in [0, 0.05) is 42.0 Å². The fourth-order valence-electron chi connectivity index (χ4n) is 6.14. The van der Waals surface area contributed by atoms with Gasteiger partial charge < -0.3 is 28.8 Å². The molecule has 4 heterocycles. The zero-order chi connectivity index (χ0) is 39.8. The van der Waals surface area contributed by atoms with E-state index in [0.29, 0.717) is 67.2 Å². The molecule has 13 heteroatoms. The van der Waals surface area contributed by atoms with E-state index in [4.69, 9.17) is 40.4 Å². The largest absolute Gasteiger partial charge is 0.478 e. The number of aromatic nitrogens is 4. The van der Waals surface area contributed by atoms with Crippen LogP contribution in [-0.4, -0.2) is 68.3 Å². The van der Waals surface area contributed by atoms with Crippen LogP contribution < -0.4 is 9.80 Å². The average Bonchev–Trinajstić information content (AvgIpc) is 3.83. The Labute approximate surface area is 327 Å². The molecule has 4 aromatic carbocycles. The molecule has 56 heavy (non-hydrogen) atoms. The van der Waals surface area contributed by atoms with E-state index in [1.165, 1.54) is 12.1 Å². The molecule has 0 saturated heterocycles. The molecule has 0 aliphatic rings. The molecule has 0 aliphatic heterocycles. The van der Waals surface area contributed by atoms with Gasteiger partial charge in [0.1, 0.15) is 22.6 Å². The molecule has 0 fully saturated rings. The lowest BCUT2D eigenvalue weighted by atomic mass is 10.1. The zero-order valence-corrected chi connectivity index (χ0v) is 32.4. The summed E-state index contributed by atoms with van der Waals surface area (Å²) in [5, 5.41) is 21.1. The molecule has 0 amide bonds. The zero-order valence-electron chi connectivity index (χ0n) is 31.6. The van der Waals surface area contributed by atoms with Crippen molar-refractivity contribution < 1.29 is 28.6 Å². The number of hydrogen-bond acceptors (Lipinski definition) is 10. The number of halogens is 1. The van der Waals surface area contributed by atoms with Crippen LogP contribution >= 0.6 is 11.6 Å². The first-order chi connectivity index (χ1) is 26.8. The molecule has 8 aromatic rings. The summed E-state index contributed by atoms with van der Waals surface area (Å²) >= 11 is 6.09. The van der Waals surface area contributed by atoms with Gasteiger partial charge in [0.2, 0.25) is 0 Å². The summed E-state index contributed by atoms with van der Waals surface area (Å²) in [7, 11) is 3.89. The van der Waals surface area contributed by atoms with Crippen molar-refractivity contribution in [2.45, 2.75) is 46.2 Å². The molecule has 1 unspecified atom stereocenters. The van der Waals surface area contributed by atoms with Crippen molar-refractivity contribution in [3.63, 3.8) is 0 Å². The Kier molecular flexibility index (Phi) is 10.3. The van der Waals surface area contributed by atoms with Crippen LogP contribution in [0.15, 0.2) is 99.8 Å². The third-order valence-corrected chi connectivity index (χ3v) is 10.1. The first kappa shape index (κ1) is 37.8. The smallest absolute Gasteiger partial charge is 0.335 e. The number of benzene rings is 4. The number of carboxylic acids is 2. The van der Waals surface area contributed by atoms with Crippen molar-refractivity contribution >= 4 is 79.2 Å². The second-order valence-electron chi connectivity index (χ2n) is 13.8. The number of nitrogens with zero attached hydrogens (tertiary/aromatic N) is 6. The lowest BCUT2D eigenvalue weighted by Gasteiger charge is -2.26. The second-order valence-corrected chi connectivity index (χ2v) is 14.3. The second kappa shape index (κ2) is 15.3. The summed E-state index contributed by atoms with van der Waals surface area (Å²) in [5.74, 6) is 0.528. The van der Waals surface area contributed by atoms with Gasteiger partial charge in [-0.2, -0.15) is 0 Å². The van der Waals surface area contributed by atoms with E-state index < -0.39 is 11.9 Å². The maximum absolute atomic E-state index is 11.3. The molecule has 4 aromatic heterocycles. The molecular formula is C43H39ClN6O6. The van der Waals surface area contributed by atoms with E-state index in [1.54, 1.807) is 30.3 Å². The minimum absolute atomic E-state index is 0.159. The van der Waals surface area contributed by atoms with Crippen LogP contribution in [-0.2, 0) is 0 Å². The first-order valence-corrected chi connectivity index (χ1v) is 18.4. The van der Waals surface area contributed by atoms with Crippen molar-refractivity contribution in [3.8, 4) is 22.9 Å². The van der Waals surface area contributed by atoms with Crippen molar-refractivity contribution in [2.75, 3.05) is 23.9 Å². The third-order valence-electron chi connectivity index (χ3n) is 9.85. The van der Waals surface area contributed by atoms with E-state index in [9.17, 15) is 19.8 Å². The molecule has 8 rings (SSSR count). The van der Waals surface area contributed by atoms with E-state index in [2.05, 4.69) is 18.7 Å². The van der Waals surface area contributed by atoms with Crippen LogP contribution in [0.25, 0.3) is 66.9 Å². The van der Waals surface area contributed by atoms with Gasteiger partial charge in [-0.15, -0.1) is 0 Å². The van der Waals surface area contributed by atoms with Gasteiger partial charge in [0.25, 0.3) is 0 Å². The van der Waals surface area contributed by atoms with E-state index >= 15 is 0 Å². The molecule has 0 saturated carbocycles. The van der Waals surface area contributed by atoms with Crippen LogP contribution in [0.1, 0.15) is 54.8 Å². The van der Waals surface area contributed by atoms with Crippen LogP contribution in [0.2, 0.25) is 5.02 Å². The first-order valence-electron chi connectivity index (χ1n) is 18.1. The summed E-state index contributed by atoms with van der Waals surface area (Å²) in [6.45, 7) is 8.31. The molecule has 0 bridgehead atoms. The number of carboxylic acid groups (broad SMARTS) is 2. The summed E-state index contributed by atoms with van der Waals surface area (Å²) in [6.07, 6.45) is 0.935. The quantitative estimate of drug-likeness (QED) is 0.143. The number of rotatable bonds is 9. The van der Waals surface area contributed by atoms with Crippen LogP contribution in [0.4, 0.5) is 11.6 Å². The molecular weight excluding hydrogens is 732 g/mol. The van der Waals surface area contributed by atoms with Crippen LogP contribution in [0.3, 0.4) is 0 Å². The summed E-state index contributed by atoms with van der Waals surface area (Å²) in [6, 6.07) is 27.0. The number of para-hydroxylation sites is 1. The maximum Gasteiger partial charge on any atom is 0.335 e. The van der Waals surface area contributed by atoms with Crippen LogP contribution in [0.5, 0.6) is 0 Å². The molecule has 2 N–H and O–H groups in total. The monoisotopic (exact) mass is 770 g/mol. The number of anilines is 2. The van der Waals surface area contributed by atoms with Crippen LogP contribution in [0, 0.1) is 0 Å². The Morgan fingerprint density at radius 3 is 1.68 bits per heavy atom. The van der Waals surface area contributed by atoms with Gasteiger partial charge in [0.05, 0.1) is 33.2 Å². The Bertz CT molecular complexity index is 2730. The summed E-state index contributed by atoms with van der Waals surface area (Å²) < 4.78 is 12.1. The van der Waals surface area contributed by atoms with Gasteiger partial charge >= 0.3 is 11.9 Å². The Morgan fingerprint density at radius 1 is 0.643 bits per heavy atom. The molecule has 0 radical (unpaired) electrons. The molecule has 0 spiro atoms. The summed E-state index contributed by atoms with van der Waals surface area (Å²) in [5.41, 5.74) is 5.39. The van der Waals surface area contributed by atoms with Crippen molar-refractivity contribution in [2.24, 2.45) is 0 Å². The molecule has 12 nitrogen and oxygen atoms in total. The topological polar surface area (TPSA) is 159 Å². The van der Waals surface area contributed by atoms with Gasteiger partial charge in [0.15, 0.2) is 23.2 Å². The number of fused-ring (bicyclic) bond motifs is 4. The third kappa shape index (κ3) is 7.43. The normalized spacial score (nSPS) is 11.9. The minimum Gasteiger partial charge on any atom is -0.478 e. The standard InChI is InChI=1S/C22H21N3O3.C21H18ClN3O3/c1-4-13(2)25(3)21-20(19-12-14-7-5-6-8-18(14)28-19)23-16-10-9-15(22(26)27)11-17(16)24-21;1-11(2)25(3)20-19(18-10-13-8-14(22)5-7-17(13)28-18)23-15-6-4-12(21(26)27)9-16(15)24-20/h5-13H,4H2,1-3H3,(H,26,27);4-11H,1-3H3,(H,26,27). The van der Waals surface area contributed by atoms with E-state index in [1.807, 2.05) is 81.4 Å².